The van der Waals surface area contributed by atoms with Crippen LogP contribution in [-0.2, 0) is 17.8 Å². The van der Waals surface area contributed by atoms with Crippen molar-refractivity contribution in [1.29, 1.82) is 0 Å². The Balaban J connectivity index is 1.91. The summed E-state index contributed by atoms with van der Waals surface area (Å²) in [4.78, 5) is 20.6. The number of hydrogen-bond acceptors (Lipinski definition) is 6. The molecule has 0 N–H and O–H groups in total. The molecule has 0 saturated heterocycles. The third-order valence-corrected chi connectivity index (χ3v) is 7.50. The first-order valence-corrected chi connectivity index (χ1v) is 11.8. The fourth-order valence-corrected chi connectivity index (χ4v) is 5.60. The number of benzene rings is 1. The van der Waals surface area contributed by atoms with Gasteiger partial charge in [0.1, 0.15) is 10.6 Å². The Morgan fingerprint density at radius 2 is 2.13 bits per heavy atom. The van der Waals surface area contributed by atoms with Crippen LogP contribution in [0.4, 0.5) is 0 Å². The first-order valence-electron chi connectivity index (χ1n) is 9.99. The van der Waals surface area contributed by atoms with E-state index in [0.717, 1.165) is 44.1 Å². The van der Waals surface area contributed by atoms with Crippen LogP contribution in [-0.4, -0.2) is 28.5 Å². The van der Waals surface area contributed by atoms with Crippen LogP contribution in [0.25, 0.3) is 15.9 Å². The van der Waals surface area contributed by atoms with Gasteiger partial charge in [0, 0.05) is 17.1 Å². The van der Waals surface area contributed by atoms with E-state index in [4.69, 9.17) is 14.5 Å². The van der Waals surface area contributed by atoms with E-state index < -0.39 is 0 Å². The van der Waals surface area contributed by atoms with Crippen LogP contribution >= 0.6 is 23.1 Å². The Hall–Kier alpha value is -2.09. The van der Waals surface area contributed by atoms with E-state index >= 15 is 0 Å². The highest BCUT2D eigenvalue weighted by atomic mass is 32.2. The topological polar surface area (TPSA) is 53.4 Å². The molecular weight excluding hydrogens is 416 g/mol. The maximum Gasteiger partial charge on any atom is 0.267 e. The third kappa shape index (κ3) is 3.94. The van der Waals surface area contributed by atoms with Crippen molar-refractivity contribution in [1.82, 2.24) is 9.55 Å². The highest BCUT2D eigenvalue weighted by Crippen LogP contribution is 2.36. The van der Waals surface area contributed by atoms with Gasteiger partial charge in [-0.2, -0.15) is 0 Å². The van der Waals surface area contributed by atoms with Crippen molar-refractivity contribution >= 4 is 33.3 Å². The maximum absolute atomic E-state index is 13.8. The average molecular weight is 443 g/mol. The van der Waals surface area contributed by atoms with Crippen molar-refractivity contribution in [2.45, 2.75) is 45.1 Å². The smallest absolute Gasteiger partial charge is 0.267 e. The molecule has 1 aromatic carbocycles. The number of thioether (sulfide) groups is 1. The zero-order chi connectivity index (χ0) is 21.4. The van der Waals surface area contributed by atoms with Crippen molar-refractivity contribution in [3.63, 3.8) is 0 Å². The molecule has 2 aromatic heterocycles. The van der Waals surface area contributed by atoms with E-state index in [0.29, 0.717) is 23.4 Å². The third-order valence-electron chi connectivity index (χ3n) is 5.23. The second-order valence-corrected chi connectivity index (χ2v) is 9.99. The van der Waals surface area contributed by atoms with E-state index in [1.807, 2.05) is 31.2 Å². The zero-order valence-corrected chi connectivity index (χ0v) is 19.4. The van der Waals surface area contributed by atoms with Gasteiger partial charge in [0.05, 0.1) is 30.9 Å². The van der Waals surface area contributed by atoms with E-state index in [-0.39, 0.29) is 11.7 Å². The van der Waals surface area contributed by atoms with Crippen molar-refractivity contribution in [3.05, 3.63) is 57.2 Å². The number of nitrogens with zero attached hydrogens (tertiary/aromatic N) is 2. The molecule has 1 atom stereocenters. The molecule has 0 aliphatic carbocycles. The number of methoxy groups -OCH3 is 1. The zero-order valence-electron chi connectivity index (χ0n) is 17.7. The number of fused-ring (bicyclic) bond motifs is 3. The monoisotopic (exact) mass is 442 g/mol. The van der Waals surface area contributed by atoms with Crippen molar-refractivity contribution in [3.8, 4) is 11.4 Å². The van der Waals surface area contributed by atoms with Crippen LogP contribution in [0.3, 0.4) is 0 Å². The lowest BCUT2D eigenvalue weighted by molar-refractivity contribution is 0.00200. The lowest BCUT2D eigenvalue weighted by Crippen LogP contribution is -2.28. The lowest BCUT2D eigenvalue weighted by Gasteiger charge is -2.26. The minimum Gasteiger partial charge on any atom is -0.497 e. The van der Waals surface area contributed by atoms with Gasteiger partial charge < -0.3 is 9.47 Å². The van der Waals surface area contributed by atoms with Gasteiger partial charge >= 0.3 is 0 Å². The van der Waals surface area contributed by atoms with E-state index in [9.17, 15) is 4.79 Å². The Kier molecular flexibility index (Phi) is 6.04. The summed E-state index contributed by atoms with van der Waals surface area (Å²) in [5, 5.41) is 1.42. The summed E-state index contributed by atoms with van der Waals surface area (Å²) in [5.74, 6) is 1.86. The van der Waals surface area contributed by atoms with Crippen LogP contribution in [0, 0.1) is 5.92 Å². The molecule has 1 aliphatic heterocycles. The van der Waals surface area contributed by atoms with Gasteiger partial charge in [-0.05, 0) is 42.7 Å². The fourth-order valence-electron chi connectivity index (χ4n) is 3.58. The molecule has 7 heteroatoms. The highest BCUT2D eigenvalue weighted by molar-refractivity contribution is 7.99. The van der Waals surface area contributed by atoms with Crippen molar-refractivity contribution < 1.29 is 9.47 Å². The summed E-state index contributed by atoms with van der Waals surface area (Å²) in [6.07, 6.45) is 0.881. The minimum absolute atomic E-state index is 0.0173. The van der Waals surface area contributed by atoms with Crippen molar-refractivity contribution in [2.24, 2.45) is 5.92 Å². The van der Waals surface area contributed by atoms with Crippen LogP contribution in [0.15, 0.2) is 46.4 Å². The molecule has 0 amide bonds. The van der Waals surface area contributed by atoms with E-state index in [1.165, 1.54) is 11.8 Å². The molecule has 3 aromatic rings. The van der Waals surface area contributed by atoms with Crippen LogP contribution in [0.5, 0.6) is 5.75 Å². The summed E-state index contributed by atoms with van der Waals surface area (Å²) >= 11 is 3.12. The summed E-state index contributed by atoms with van der Waals surface area (Å²) in [6.45, 7) is 10.8. The van der Waals surface area contributed by atoms with Gasteiger partial charge in [0.2, 0.25) is 0 Å². The number of ether oxygens (including phenoxy) is 2. The maximum atomic E-state index is 13.8. The van der Waals surface area contributed by atoms with Crippen LogP contribution in [0.1, 0.15) is 31.2 Å². The Morgan fingerprint density at radius 1 is 1.40 bits per heavy atom. The Morgan fingerprint density at radius 3 is 2.77 bits per heavy atom. The predicted octanol–water partition coefficient (Wildman–Crippen LogP) is 5.22. The van der Waals surface area contributed by atoms with Gasteiger partial charge in [-0.3, -0.25) is 9.36 Å². The lowest BCUT2D eigenvalue weighted by atomic mass is 9.96. The second kappa shape index (κ2) is 8.57. The SMILES string of the molecule is C=C(C)CSc1nc2sc3c(c2c(=O)n1-c1ccc(OC)cc1)C[C@H](C(C)C)OC3. The van der Waals surface area contributed by atoms with Gasteiger partial charge in [-0.15, -0.1) is 11.3 Å². The molecule has 5 nitrogen and oxygen atoms in total. The summed E-state index contributed by atoms with van der Waals surface area (Å²) in [5.41, 5.74) is 2.91. The number of aromatic nitrogens is 2. The van der Waals surface area contributed by atoms with Gasteiger partial charge in [-0.25, -0.2) is 4.98 Å². The standard InChI is InChI=1S/C23H26N2O3S2/c1-13(2)12-29-23-24-21-20(17-10-18(14(3)4)28-11-19(17)30-21)22(26)25(23)15-6-8-16(27-5)9-7-15/h6-9,14,18H,1,10-12H2,2-5H3/t18-/m1/s1. The summed E-state index contributed by atoms with van der Waals surface area (Å²) in [7, 11) is 1.63. The summed E-state index contributed by atoms with van der Waals surface area (Å²) < 4.78 is 13.0. The first kappa shape index (κ1) is 21.2. The molecule has 0 spiro atoms. The quantitative estimate of drug-likeness (QED) is 0.298. The van der Waals surface area contributed by atoms with E-state index in [2.05, 4.69) is 20.4 Å². The molecule has 3 heterocycles. The molecule has 0 fully saturated rings. The largest absolute Gasteiger partial charge is 0.497 e. The van der Waals surface area contributed by atoms with Gasteiger partial charge in [0.25, 0.3) is 5.56 Å². The normalized spacial score (nSPS) is 16.1. The minimum atomic E-state index is -0.0173. The molecule has 30 heavy (non-hydrogen) atoms. The highest BCUT2D eigenvalue weighted by Gasteiger charge is 2.28. The van der Waals surface area contributed by atoms with Crippen LogP contribution < -0.4 is 10.3 Å². The first-order chi connectivity index (χ1) is 14.4. The Labute approximate surface area is 184 Å². The second-order valence-electron chi connectivity index (χ2n) is 7.96. The Bertz CT molecular complexity index is 1150. The molecule has 0 saturated carbocycles. The fraction of sp³-hybridized carbons (Fsp3) is 0.391. The molecule has 0 radical (unpaired) electrons. The molecule has 0 bridgehead atoms. The van der Waals surface area contributed by atoms with Crippen LogP contribution in [0.2, 0.25) is 0 Å². The number of rotatable bonds is 6. The van der Waals surface area contributed by atoms with E-state index in [1.54, 1.807) is 23.0 Å². The molecule has 158 valence electrons. The number of hydrogen-bond donors (Lipinski definition) is 0. The van der Waals surface area contributed by atoms with Gasteiger partial charge in [0.15, 0.2) is 5.16 Å². The molecule has 1 aliphatic rings. The predicted molar refractivity (Wildman–Crippen MR) is 124 cm³/mol. The number of thiophene rings is 1. The molecule has 4 rings (SSSR count). The van der Waals surface area contributed by atoms with Crippen molar-refractivity contribution in [2.75, 3.05) is 12.9 Å². The molecular formula is C23H26N2O3S2. The van der Waals surface area contributed by atoms with Gasteiger partial charge in [-0.1, -0.05) is 37.8 Å². The summed E-state index contributed by atoms with van der Waals surface area (Å²) in [6, 6.07) is 7.53. The molecule has 0 unspecified atom stereocenters. The average Bonchev–Trinajstić information content (AvgIpc) is 3.10.